The van der Waals surface area contributed by atoms with Crippen LogP contribution in [0.4, 0.5) is 10.3 Å². The zero-order valence-corrected chi connectivity index (χ0v) is 23.9. The molecule has 0 saturated carbocycles. The lowest BCUT2D eigenvalue weighted by Crippen LogP contribution is -2.45. The van der Waals surface area contributed by atoms with Crippen molar-refractivity contribution in [1.29, 1.82) is 0 Å². The maximum absolute atomic E-state index is 13.4. The molecule has 2 aromatic heterocycles. The number of ether oxygens (including phenoxy) is 2. The molecule has 0 aliphatic carbocycles. The molecule has 1 unspecified atom stereocenters. The van der Waals surface area contributed by atoms with Crippen molar-refractivity contribution >= 4 is 21.9 Å². The first-order chi connectivity index (χ1) is 20.9. The van der Waals surface area contributed by atoms with E-state index in [-0.39, 0.29) is 24.8 Å². The minimum Gasteiger partial charge on any atom is -0.454 e. The normalized spacial score (nSPS) is 16.3. The van der Waals surface area contributed by atoms with Crippen LogP contribution in [0, 0.1) is 5.82 Å². The standard InChI is InChI=1S/C30H29FN6O5S/c31-21-7-9-24(10-8-21)43(39,40)37-15-3-5-26(37)29(38)34-18-23-17-25(20-6-11-27-28(16-20)42-19-41-27)36-30(35-23)33-14-12-22-4-1-2-13-32-22/h1-2,4,6-11,13,16-17,26H,3,5,12,14-15,18-19H2,(H,34,38)(H,33,35,36). The van der Waals surface area contributed by atoms with Crippen molar-refractivity contribution in [2.24, 2.45) is 0 Å². The summed E-state index contributed by atoms with van der Waals surface area (Å²) in [4.78, 5) is 26.9. The van der Waals surface area contributed by atoms with E-state index >= 15 is 0 Å². The monoisotopic (exact) mass is 604 g/mol. The molecule has 1 fully saturated rings. The van der Waals surface area contributed by atoms with Crippen LogP contribution in [0.3, 0.4) is 0 Å². The molecule has 43 heavy (non-hydrogen) atoms. The smallest absolute Gasteiger partial charge is 0.243 e. The van der Waals surface area contributed by atoms with Crippen LogP contribution in [0.25, 0.3) is 11.3 Å². The number of nitrogens with zero attached hydrogens (tertiary/aromatic N) is 4. The molecule has 13 heteroatoms. The zero-order chi connectivity index (χ0) is 29.8. The average Bonchev–Trinajstić information content (AvgIpc) is 3.71. The van der Waals surface area contributed by atoms with E-state index < -0.39 is 27.8 Å². The Hall–Kier alpha value is -4.62. The van der Waals surface area contributed by atoms with Gasteiger partial charge in [0.05, 0.1) is 22.8 Å². The van der Waals surface area contributed by atoms with Gasteiger partial charge in [-0.1, -0.05) is 6.07 Å². The van der Waals surface area contributed by atoms with Crippen molar-refractivity contribution in [3.8, 4) is 22.8 Å². The summed E-state index contributed by atoms with van der Waals surface area (Å²) in [5.74, 6) is 0.660. The predicted octanol–water partition coefficient (Wildman–Crippen LogP) is 3.53. The number of rotatable bonds is 10. The molecule has 1 saturated heterocycles. The molecule has 0 radical (unpaired) electrons. The molecule has 4 heterocycles. The first kappa shape index (κ1) is 28.5. The molecule has 1 amide bonds. The molecular formula is C30H29FN6O5S. The van der Waals surface area contributed by atoms with Gasteiger partial charge in [-0.25, -0.2) is 22.8 Å². The Bertz CT molecular complexity index is 1720. The molecule has 0 bridgehead atoms. The van der Waals surface area contributed by atoms with E-state index in [0.29, 0.717) is 54.6 Å². The minimum atomic E-state index is -3.98. The second-order valence-electron chi connectivity index (χ2n) is 10.1. The van der Waals surface area contributed by atoms with Crippen LogP contribution >= 0.6 is 0 Å². The number of aromatic nitrogens is 3. The molecule has 2 aliphatic rings. The van der Waals surface area contributed by atoms with Crippen molar-refractivity contribution in [2.45, 2.75) is 36.7 Å². The van der Waals surface area contributed by atoms with Gasteiger partial charge in [0.1, 0.15) is 11.9 Å². The summed E-state index contributed by atoms with van der Waals surface area (Å²) in [7, 11) is -3.98. The number of halogens is 1. The third-order valence-corrected chi connectivity index (χ3v) is 9.13. The summed E-state index contributed by atoms with van der Waals surface area (Å²) in [6, 6.07) is 16.7. The molecular weight excluding hydrogens is 575 g/mol. The minimum absolute atomic E-state index is 0.0504. The number of hydrogen-bond donors (Lipinski definition) is 2. The van der Waals surface area contributed by atoms with Crippen LogP contribution in [0.2, 0.25) is 0 Å². The lowest BCUT2D eigenvalue weighted by atomic mass is 10.1. The second kappa shape index (κ2) is 12.3. The van der Waals surface area contributed by atoms with Gasteiger partial charge < -0.3 is 20.1 Å². The Morgan fingerprint density at radius 3 is 2.65 bits per heavy atom. The number of hydrogen-bond acceptors (Lipinski definition) is 9. The quantitative estimate of drug-likeness (QED) is 0.279. The number of nitrogens with one attached hydrogen (secondary N) is 2. The van der Waals surface area contributed by atoms with E-state index in [1.165, 1.54) is 16.4 Å². The van der Waals surface area contributed by atoms with Crippen molar-refractivity contribution in [2.75, 3.05) is 25.2 Å². The van der Waals surface area contributed by atoms with Crippen molar-refractivity contribution in [3.63, 3.8) is 0 Å². The highest BCUT2D eigenvalue weighted by Gasteiger charge is 2.39. The largest absolute Gasteiger partial charge is 0.454 e. The van der Waals surface area contributed by atoms with E-state index in [9.17, 15) is 17.6 Å². The van der Waals surface area contributed by atoms with Crippen molar-refractivity contribution in [1.82, 2.24) is 24.6 Å². The Balaban J connectivity index is 1.19. The Morgan fingerprint density at radius 1 is 1.00 bits per heavy atom. The highest BCUT2D eigenvalue weighted by Crippen LogP contribution is 2.35. The number of anilines is 1. The molecule has 222 valence electrons. The molecule has 6 rings (SSSR count). The van der Waals surface area contributed by atoms with E-state index in [0.717, 1.165) is 23.4 Å². The van der Waals surface area contributed by atoms with Gasteiger partial charge in [-0.3, -0.25) is 9.78 Å². The van der Waals surface area contributed by atoms with Gasteiger partial charge in [-0.2, -0.15) is 4.31 Å². The fraction of sp³-hybridized carbons (Fsp3) is 0.267. The molecule has 0 spiro atoms. The number of carbonyl (C=O) groups excluding carboxylic acids is 1. The Morgan fingerprint density at radius 2 is 1.84 bits per heavy atom. The fourth-order valence-electron chi connectivity index (χ4n) is 5.05. The predicted molar refractivity (Wildman–Crippen MR) is 155 cm³/mol. The van der Waals surface area contributed by atoms with Crippen LogP contribution in [0.15, 0.2) is 77.8 Å². The number of benzene rings is 2. The van der Waals surface area contributed by atoms with Gasteiger partial charge in [0.15, 0.2) is 11.5 Å². The summed E-state index contributed by atoms with van der Waals surface area (Å²) in [5.41, 5.74) is 2.84. The molecule has 2 aliphatic heterocycles. The van der Waals surface area contributed by atoms with Crippen LogP contribution in [-0.4, -0.2) is 59.5 Å². The number of sulfonamides is 1. The lowest BCUT2D eigenvalue weighted by Gasteiger charge is -2.23. The van der Waals surface area contributed by atoms with Gasteiger partial charge in [-0.15, -0.1) is 0 Å². The van der Waals surface area contributed by atoms with Crippen LogP contribution in [0.5, 0.6) is 11.5 Å². The zero-order valence-electron chi connectivity index (χ0n) is 23.1. The molecule has 11 nitrogen and oxygen atoms in total. The summed E-state index contributed by atoms with van der Waals surface area (Å²) in [5, 5.41) is 6.10. The summed E-state index contributed by atoms with van der Waals surface area (Å²) < 4.78 is 52.0. The van der Waals surface area contributed by atoms with Gasteiger partial charge >= 0.3 is 0 Å². The topological polar surface area (TPSA) is 136 Å². The molecule has 2 aromatic carbocycles. The fourth-order valence-corrected chi connectivity index (χ4v) is 6.70. The lowest BCUT2D eigenvalue weighted by molar-refractivity contribution is -0.124. The van der Waals surface area contributed by atoms with Crippen molar-refractivity contribution in [3.05, 3.63) is 90.1 Å². The maximum atomic E-state index is 13.4. The van der Waals surface area contributed by atoms with Gasteiger partial charge in [0, 0.05) is 37.0 Å². The maximum Gasteiger partial charge on any atom is 0.243 e. The first-order valence-corrected chi connectivity index (χ1v) is 15.3. The van der Waals surface area contributed by atoms with Crippen molar-refractivity contribution < 1.29 is 27.1 Å². The first-order valence-electron chi connectivity index (χ1n) is 13.8. The molecule has 2 N–H and O–H groups in total. The van der Waals surface area contributed by atoms with E-state index in [1.807, 2.05) is 36.4 Å². The SMILES string of the molecule is O=C(NCc1cc(-c2ccc3c(c2)OCO3)nc(NCCc2ccccn2)n1)C1CCCN1S(=O)(=O)c1ccc(F)cc1. The van der Waals surface area contributed by atoms with Crippen LogP contribution in [0.1, 0.15) is 24.2 Å². The Labute approximate surface area is 248 Å². The third kappa shape index (κ3) is 6.42. The number of fused-ring (bicyclic) bond motifs is 1. The van der Waals surface area contributed by atoms with Gasteiger partial charge in [0.2, 0.25) is 28.7 Å². The van der Waals surface area contributed by atoms with E-state index in [4.69, 9.17) is 9.47 Å². The van der Waals surface area contributed by atoms with Gasteiger partial charge in [0.25, 0.3) is 0 Å². The summed E-state index contributed by atoms with van der Waals surface area (Å²) in [6.45, 7) is 0.930. The van der Waals surface area contributed by atoms with Crippen LogP contribution in [-0.2, 0) is 27.8 Å². The van der Waals surface area contributed by atoms with E-state index in [1.54, 1.807) is 12.3 Å². The third-order valence-electron chi connectivity index (χ3n) is 7.21. The number of pyridine rings is 1. The highest BCUT2D eigenvalue weighted by atomic mass is 32.2. The Kier molecular flexibility index (Phi) is 8.16. The van der Waals surface area contributed by atoms with Gasteiger partial charge in [-0.05, 0) is 73.5 Å². The highest BCUT2D eigenvalue weighted by molar-refractivity contribution is 7.89. The molecule has 4 aromatic rings. The van der Waals surface area contributed by atoms with E-state index in [2.05, 4.69) is 25.6 Å². The number of amides is 1. The van der Waals surface area contributed by atoms with Crippen LogP contribution < -0.4 is 20.1 Å². The summed E-state index contributed by atoms with van der Waals surface area (Å²) in [6.07, 6.45) is 3.30. The number of carbonyl (C=O) groups is 1. The average molecular weight is 605 g/mol. The second-order valence-corrected chi connectivity index (χ2v) is 12.0. The molecule has 1 atom stereocenters. The summed E-state index contributed by atoms with van der Waals surface area (Å²) >= 11 is 0.